The Morgan fingerprint density at radius 1 is 1.15 bits per heavy atom. The van der Waals surface area contributed by atoms with E-state index in [1.807, 2.05) is 0 Å². The summed E-state index contributed by atoms with van der Waals surface area (Å²) in [6, 6.07) is 11.7. The topological polar surface area (TPSA) is 115 Å². The number of methoxy groups -OCH3 is 2. The van der Waals surface area contributed by atoms with Crippen LogP contribution in [0.3, 0.4) is 0 Å². The molecule has 9 nitrogen and oxygen atoms in total. The number of amides is 1. The number of benzene rings is 2. The van der Waals surface area contributed by atoms with Crippen LogP contribution in [0.15, 0.2) is 58.1 Å². The average Bonchev–Trinajstić information content (AvgIpc) is 2.82. The Labute approximate surface area is 196 Å². The van der Waals surface area contributed by atoms with Crippen molar-refractivity contribution in [2.45, 2.75) is 6.54 Å². The van der Waals surface area contributed by atoms with Gasteiger partial charge in [-0.2, -0.15) is 4.98 Å². The number of aromatic nitrogens is 3. The van der Waals surface area contributed by atoms with Crippen LogP contribution in [0.2, 0.25) is 5.02 Å². The summed E-state index contributed by atoms with van der Waals surface area (Å²) in [5.41, 5.74) is -1.24. The number of aromatic amines is 1. The first-order chi connectivity index (χ1) is 16.3. The maximum Gasteiger partial charge on any atom is 0.334 e. The van der Waals surface area contributed by atoms with Crippen molar-refractivity contribution in [3.05, 3.63) is 91.3 Å². The Morgan fingerprint density at radius 3 is 2.65 bits per heavy atom. The van der Waals surface area contributed by atoms with Crippen LogP contribution in [-0.4, -0.2) is 34.7 Å². The van der Waals surface area contributed by atoms with Crippen molar-refractivity contribution >= 4 is 28.4 Å². The molecule has 0 aliphatic carbocycles. The normalized spacial score (nSPS) is 10.8. The van der Waals surface area contributed by atoms with Gasteiger partial charge in [0.15, 0.2) is 5.75 Å². The van der Waals surface area contributed by atoms with E-state index < -0.39 is 23.0 Å². The summed E-state index contributed by atoms with van der Waals surface area (Å²) in [5, 5.41) is 2.95. The van der Waals surface area contributed by atoms with Crippen LogP contribution < -0.4 is 26.0 Å². The van der Waals surface area contributed by atoms with Crippen molar-refractivity contribution in [1.29, 1.82) is 0 Å². The fourth-order valence-electron chi connectivity index (χ4n) is 3.39. The first kappa shape index (κ1) is 23.0. The second-order valence-electron chi connectivity index (χ2n) is 7.14. The first-order valence-corrected chi connectivity index (χ1v) is 10.3. The Bertz CT molecular complexity index is 1530. The van der Waals surface area contributed by atoms with Crippen molar-refractivity contribution in [2.75, 3.05) is 14.2 Å². The number of ether oxygens (including phenoxy) is 2. The highest BCUT2D eigenvalue weighted by Gasteiger charge is 2.18. The number of carbonyl (C=O) groups excluding carboxylic acids is 1. The zero-order chi connectivity index (χ0) is 24.4. The lowest BCUT2D eigenvalue weighted by Crippen LogP contribution is -2.34. The van der Waals surface area contributed by atoms with Crippen molar-refractivity contribution in [3.8, 4) is 17.4 Å². The number of H-pyrrole nitrogens is 1. The van der Waals surface area contributed by atoms with Crippen molar-refractivity contribution < 1.29 is 18.7 Å². The third-order valence-electron chi connectivity index (χ3n) is 5.03. The fraction of sp³-hybridized carbons (Fsp3) is 0.130. The number of nitrogens with one attached hydrogen (secondary N) is 2. The van der Waals surface area contributed by atoms with Gasteiger partial charge in [0, 0.05) is 11.6 Å². The third kappa shape index (κ3) is 4.35. The number of pyridine rings is 1. The monoisotopic (exact) mass is 484 g/mol. The number of rotatable bonds is 6. The molecule has 0 spiro atoms. The molecule has 34 heavy (non-hydrogen) atoms. The molecule has 1 amide bonds. The number of hydrogen-bond acceptors (Lipinski definition) is 6. The van der Waals surface area contributed by atoms with E-state index in [0.717, 1.165) is 22.3 Å². The molecular formula is C23H18ClFN4O5. The second kappa shape index (κ2) is 9.36. The molecule has 11 heteroatoms. The molecule has 174 valence electrons. The SMILES string of the molecule is COc1ccc(-n2c(=O)[nH]c3cc(C(=O)NCc4cccc(Cl)c4)c(F)cc3c2=O)nc1OC. The van der Waals surface area contributed by atoms with E-state index in [1.54, 1.807) is 24.3 Å². The largest absolute Gasteiger partial charge is 0.491 e. The molecule has 0 aliphatic rings. The molecule has 4 rings (SSSR count). The molecule has 0 atom stereocenters. The Hall–Kier alpha value is -4.18. The van der Waals surface area contributed by atoms with Crippen LogP contribution in [0.1, 0.15) is 15.9 Å². The lowest BCUT2D eigenvalue weighted by Gasteiger charge is -2.11. The average molecular weight is 485 g/mol. The molecule has 2 heterocycles. The van der Waals surface area contributed by atoms with Gasteiger partial charge in [0.2, 0.25) is 0 Å². The van der Waals surface area contributed by atoms with Gasteiger partial charge in [-0.05, 0) is 42.0 Å². The van der Waals surface area contributed by atoms with Gasteiger partial charge in [-0.25, -0.2) is 13.8 Å². The molecule has 0 saturated carbocycles. The quantitative estimate of drug-likeness (QED) is 0.435. The van der Waals surface area contributed by atoms with Crippen LogP contribution in [0.5, 0.6) is 11.6 Å². The molecule has 0 bridgehead atoms. The summed E-state index contributed by atoms with van der Waals surface area (Å²) < 4.78 is 25.8. The maximum absolute atomic E-state index is 14.8. The van der Waals surface area contributed by atoms with Crippen molar-refractivity contribution in [1.82, 2.24) is 19.9 Å². The number of fused-ring (bicyclic) bond motifs is 1. The van der Waals surface area contributed by atoms with Gasteiger partial charge in [-0.3, -0.25) is 9.59 Å². The van der Waals surface area contributed by atoms with E-state index in [9.17, 15) is 18.8 Å². The molecular weight excluding hydrogens is 467 g/mol. The minimum atomic E-state index is -0.924. The van der Waals surface area contributed by atoms with E-state index in [2.05, 4.69) is 15.3 Å². The van der Waals surface area contributed by atoms with E-state index >= 15 is 0 Å². The molecule has 0 fully saturated rings. The van der Waals surface area contributed by atoms with Gasteiger partial charge in [-0.15, -0.1) is 0 Å². The number of carbonyl (C=O) groups is 1. The maximum atomic E-state index is 14.8. The highest BCUT2D eigenvalue weighted by Crippen LogP contribution is 2.24. The zero-order valence-corrected chi connectivity index (χ0v) is 18.8. The lowest BCUT2D eigenvalue weighted by atomic mass is 10.1. The highest BCUT2D eigenvalue weighted by molar-refractivity contribution is 6.30. The highest BCUT2D eigenvalue weighted by atomic mass is 35.5. The van der Waals surface area contributed by atoms with Gasteiger partial charge in [0.1, 0.15) is 11.6 Å². The predicted octanol–water partition coefficient (Wildman–Crippen LogP) is 2.81. The van der Waals surface area contributed by atoms with Gasteiger partial charge in [-0.1, -0.05) is 23.7 Å². The summed E-state index contributed by atoms with van der Waals surface area (Å²) >= 11 is 5.93. The van der Waals surface area contributed by atoms with E-state index in [4.69, 9.17) is 21.1 Å². The zero-order valence-electron chi connectivity index (χ0n) is 18.0. The van der Waals surface area contributed by atoms with Crippen LogP contribution >= 0.6 is 11.6 Å². The van der Waals surface area contributed by atoms with Crippen molar-refractivity contribution in [2.24, 2.45) is 0 Å². The first-order valence-electron chi connectivity index (χ1n) is 9.93. The standard InChI is InChI=1S/C23H18ClFN4O5/c1-33-18-6-7-19(28-21(18)34-2)29-22(31)15-9-16(25)14(10-17(15)27-23(29)32)20(30)26-11-12-4-3-5-13(24)8-12/h3-10H,11H2,1-2H3,(H,26,30)(H,27,32). The van der Waals surface area contributed by atoms with Crippen LogP contribution in [0.4, 0.5) is 4.39 Å². The van der Waals surface area contributed by atoms with Crippen LogP contribution in [0, 0.1) is 5.82 Å². The molecule has 4 aromatic rings. The Balaban J connectivity index is 1.72. The van der Waals surface area contributed by atoms with Gasteiger partial charge in [0.25, 0.3) is 17.3 Å². The van der Waals surface area contributed by atoms with Gasteiger partial charge < -0.3 is 19.8 Å². The van der Waals surface area contributed by atoms with Crippen LogP contribution in [0.25, 0.3) is 16.7 Å². The number of halogens is 2. The molecule has 2 aromatic heterocycles. The lowest BCUT2D eigenvalue weighted by molar-refractivity contribution is 0.0947. The molecule has 2 N–H and O–H groups in total. The number of nitrogens with zero attached hydrogens (tertiary/aromatic N) is 2. The molecule has 0 unspecified atom stereocenters. The minimum Gasteiger partial charge on any atom is -0.491 e. The van der Waals surface area contributed by atoms with Crippen LogP contribution in [-0.2, 0) is 6.54 Å². The van der Waals surface area contributed by atoms with Gasteiger partial charge >= 0.3 is 5.69 Å². The second-order valence-corrected chi connectivity index (χ2v) is 7.58. The smallest absolute Gasteiger partial charge is 0.334 e. The summed E-state index contributed by atoms with van der Waals surface area (Å²) in [5.74, 6) is -1.33. The molecule has 2 aromatic carbocycles. The minimum absolute atomic E-state index is 0.000956. The number of hydrogen-bond donors (Lipinski definition) is 2. The van der Waals surface area contributed by atoms with E-state index in [1.165, 1.54) is 26.4 Å². The summed E-state index contributed by atoms with van der Waals surface area (Å²) in [4.78, 5) is 44.9. The molecule has 0 saturated heterocycles. The molecule has 0 aliphatic heterocycles. The summed E-state index contributed by atoms with van der Waals surface area (Å²) in [6.45, 7) is 0.111. The Kier molecular flexibility index (Phi) is 6.33. The van der Waals surface area contributed by atoms with Crippen molar-refractivity contribution in [3.63, 3.8) is 0 Å². The third-order valence-corrected chi connectivity index (χ3v) is 5.26. The summed E-state index contributed by atoms with van der Waals surface area (Å²) in [6.07, 6.45) is 0. The van der Waals surface area contributed by atoms with Gasteiger partial charge in [0.05, 0.1) is 30.7 Å². The Morgan fingerprint density at radius 2 is 1.94 bits per heavy atom. The fourth-order valence-corrected chi connectivity index (χ4v) is 3.60. The van der Waals surface area contributed by atoms with E-state index in [-0.39, 0.29) is 34.7 Å². The summed E-state index contributed by atoms with van der Waals surface area (Å²) in [7, 11) is 2.77. The molecule has 0 radical (unpaired) electrons. The van der Waals surface area contributed by atoms with E-state index in [0.29, 0.717) is 10.8 Å². The predicted molar refractivity (Wildman–Crippen MR) is 124 cm³/mol.